The Morgan fingerprint density at radius 1 is 0.970 bits per heavy atom. The van der Waals surface area contributed by atoms with Gasteiger partial charge >= 0.3 is 6.55 Å². The van der Waals surface area contributed by atoms with E-state index >= 15 is 0 Å². The van der Waals surface area contributed by atoms with Gasteiger partial charge in [0.1, 0.15) is 5.82 Å². The van der Waals surface area contributed by atoms with Gasteiger partial charge in [-0.1, -0.05) is 42.5 Å². The van der Waals surface area contributed by atoms with Crippen LogP contribution in [0, 0.1) is 0 Å². The third-order valence-electron chi connectivity index (χ3n) is 6.30. The summed E-state index contributed by atoms with van der Waals surface area (Å²) in [6, 6.07) is 21.1. The molecule has 0 radical (unpaired) electrons. The number of alkyl halides is 2. The SMILES string of the molecule is COc1cc2c(cc1OC)C(c1ccccc1)N(Cc1nc3ccccc3n1C(F)F)CC2. The van der Waals surface area contributed by atoms with Crippen LogP contribution in [0.2, 0.25) is 0 Å². The molecule has 1 unspecified atom stereocenters. The Bertz CT molecular complexity index is 1270. The molecule has 4 aromatic rings. The van der Waals surface area contributed by atoms with Crippen LogP contribution in [0.3, 0.4) is 0 Å². The quantitative estimate of drug-likeness (QED) is 0.384. The molecule has 7 heteroatoms. The maximum atomic E-state index is 14.1. The zero-order valence-electron chi connectivity index (χ0n) is 18.5. The van der Waals surface area contributed by atoms with E-state index in [0.29, 0.717) is 41.4 Å². The minimum atomic E-state index is -2.66. The second-order valence-corrected chi connectivity index (χ2v) is 8.10. The summed E-state index contributed by atoms with van der Waals surface area (Å²) in [4.78, 5) is 6.78. The molecule has 1 aliphatic heterocycles. The molecule has 0 N–H and O–H groups in total. The first-order chi connectivity index (χ1) is 16.1. The predicted octanol–water partition coefficient (Wildman–Crippen LogP) is 5.60. The van der Waals surface area contributed by atoms with E-state index in [1.807, 2.05) is 36.4 Å². The van der Waals surface area contributed by atoms with Gasteiger partial charge in [-0.15, -0.1) is 0 Å². The number of methoxy groups -OCH3 is 2. The minimum Gasteiger partial charge on any atom is -0.493 e. The fraction of sp³-hybridized carbons (Fsp3) is 0.269. The standard InChI is InChI=1S/C26H25F2N3O2/c1-32-22-14-18-12-13-30(16-24-29-20-10-6-7-11-21(20)31(24)26(27)28)25(17-8-4-3-5-9-17)19(18)15-23(22)33-2/h3-11,14-15,25-26H,12-13,16H2,1-2H3. The Hall–Kier alpha value is -3.45. The summed E-state index contributed by atoms with van der Waals surface area (Å²) < 4.78 is 40.2. The van der Waals surface area contributed by atoms with E-state index in [1.165, 1.54) is 5.56 Å². The van der Waals surface area contributed by atoms with E-state index in [1.54, 1.807) is 32.4 Å². The highest BCUT2D eigenvalue weighted by Crippen LogP contribution is 2.41. The Balaban J connectivity index is 1.61. The number of halogens is 2. The third-order valence-corrected chi connectivity index (χ3v) is 6.30. The largest absolute Gasteiger partial charge is 0.493 e. The number of fused-ring (bicyclic) bond motifs is 2. The number of ether oxygens (including phenoxy) is 2. The molecular formula is C26H25F2N3O2. The molecule has 0 aliphatic carbocycles. The van der Waals surface area contributed by atoms with Crippen LogP contribution in [0.15, 0.2) is 66.7 Å². The zero-order valence-corrected chi connectivity index (χ0v) is 18.5. The van der Waals surface area contributed by atoms with Crippen molar-refractivity contribution in [3.8, 4) is 11.5 Å². The van der Waals surface area contributed by atoms with E-state index in [9.17, 15) is 8.78 Å². The number of nitrogens with zero attached hydrogens (tertiary/aromatic N) is 3. The van der Waals surface area contributed by atoms with E-state index in [2.05, 4.69) is 22.0 Å². The van der Waals surface area contributed by atoms with Crippen molar-refractivity contribution in [3.05, 3.63) is 89.2 Å². The summed E-state index contributed by atoms with van der Waals surface area (Å²) in [6.07, 6.45) is 0.772. The van der Waals surface area contributed by atoms with Crippen molar-refractivity contribution in [2.45, 2.75) is 25.6 Å². The van der Waals surface area contributed by atoms with Crippen molar-refractivity contribution in [1.29, 1.82) is 0 Å². The van der Waals surface area contributed by atoms with Gasteiger partial charge in [-0.05, 0) is 47.4 Å². The van der Waals surface area contributed by atoms with Gasteiger partial charge < -0.3 is 9.47 Å². The van der Waals surface area contributed by atoms with E-state index in [-0.39, 0.29) is 6.04 Å². The molecule has 1 atom stereocenters. The van der Waals surface area contributed by atoms with Gasteiger partial charge in [-0.25, -0.2) is 4.98 Å². The summed E-state index contributed by atoms with van der Waals surface area (Å²) in [5.74, 6) is 1.70. The third kappa shape index (κ3) is 3.82. The Morgan fingerprint density at radius 2 is 1.67 bits per heavy atom. The average Bonchev–Trinajstić information content (AvgIpc) is 3.21. The predicted molar refractivity (Wildman–Crippen MR) is 123 cm³/mol. The fourth-order valence-electron chi connectivity index (χ4n) is 4.80. The molecule has 5 rings (SSSR count). The van der Waals surface area contributed by atoms with Gasteiger partial charge in [-0.2, -0.15) is 8.78 Å². The van der Waals surface area contributed by atoms with Gasteiger partial charge in [0.15, 0.2) is 11.5 Å². The Labute approximate surface area is 191 Å². The number of hydrogen-bond donors (Lipinski definition) is 0. The Kier molecular flexibility index (Phi) is 5.72. The fourth-order valence-corrected chi connectivity index (χ4v) is 4.80. The highest BCUT2D eigenvalue weighted by molar-refractivity contribution is 5.76. The first-order valence-corrected chi connectivity index (χ1v) is 10.9. The van der Waals surface area contributed by atoms with E-state index in [4.69, 9.17) is 9.47 Å². The molecule has 3 aromatic carbocycles. The molecule has 0 saturated heterocycles. The lowest BCUT2D eigenvalue weighted by Crippen LogP contribution is -2.36. The molecule has 5 nitrogen and oxygen atoms in total. The molecule has 1 aromatic heterocycles. The summed E-state index contributed by atoms with van der Waals surface area (Å²) in [7, 11) is 3.25. The lowest BCUT2D eigenvalue weighted by atomic mass is 9.87. The molecular weight excluding hydrogens is 424 g/mol. The number of hydrogen-bond acceptors (Lipinski definition) is 4. The molecule has 0 spiro atoms. The minimum absolute atomic E-state index is 0.124. The number of imidazole rings is 1. The highest BCUT2D eigenvalue weighted by atomic mass is 19.3. The lowest BCUT2D eigenvalue weighted by Gasteiger charge is -2.38. The molecule has 1 aliphatic rings. The first-order valence-electron chi connectivity index (χ1n) is 10.9. The van der Waals surface area contributed by atoms with Crippen LogP contribution >= 0.6 is 0 Å². The summed E-state index contributed by atoms with van der Waals surface area (Å²) >= 11 is 0. The molecule has 170 valence electrons. The summed E-state index contributed by atoms with van der Waals surface area (Å²) in [5, 5.41) is 0. The number of aromatic nitrogens is 2. The normalized spacial score (nSPS) is 16.2. The number of benzene rings is 3. The van der Waals surface area contributed by atoms with Gasteiger partial charge in [0, 0.05) is 6.54 Å². The van der Waals surface area contributed by atoms with Crippen LogP contribution in [-0.4, -0.2) is 35.2 Å². The van der Waals surface area contributed by atoms with Crippen molar-refractivity contribution in [1.82, 2.24) is 14.5 Å². The van der Waals surface area contributed by atoms with Gasteiger partial charge in [0.2, 0.25) is 0 Å². The zero-order chi connectivity index (χ0) is 22.9. The Morgan fingerprint density at radius 3 is 2.39 bits per heavy atom. The van der Waals surface area contributed by atoms with Crippen LogP contribution < -0.4 is 9.47 Å². The topological polar surface area (TPSA) is 39.5 Å². The molecule has 0 amide bonds. The summed E-state index contributed by atoms with van der Waals surface area (Å²) in [6.45, 7) is -1.66. The second-order valence-electron chi connectivity index (χ2n) is 8.10. The monoisotopic (exact) mass is 449 g/mol. The number of para-hydroxylation sites is 2. The highest BCUT2D eigenvalue weighted by Gasteiger charge is 2.32. The summed E-state index contributed by atoms with van der Waals surface area (Å²) in [5.41, 5.74) is 4.37. The van der Waals surface area contributed by atoms with Gasteiger partial charge in [0.25, 0.3) is 0 Å². The smallest absolute Gasteiger partial charge is 0.320 e. The van der Waals surface area contributed by atoms with Crippen LogP contribution in [0.5, 0.6) is 11.5 Å². The first kappa shape index (κ1) is 21.4. The maximum Gasteiger partial charge on any atom is 0.320 e. The van der Waals surface area contributed by atoms with E-state index < -0.39 is 6.55 Å². The van der Waals surface area contributed by atoms with Gasteiger partial charge in [0.05, 0.1) is 37.8 Å². The van der Waals surface area contributed by atoms with Crippen molar-refractivity contribution >= 4 is 11.0 Å². The number of rotatable bonds is 6. The molecule has 0 fully saturated rings. The van der Waals surface area contributed by atoms with Crippen molar-refractivity contribution in [2.75, 3.05) is 20.8 Å². The van der Waals surface area contributed by atoms with Gasteiger partial charge in [-0.3, -0.25) is 9.47 Å². The molecule has 0 saturated carbocycles. The van der Waals surface area contributed by atoms with Crippen LogP contribution in [0.4, 0.5) is 8.78 Å². The van der Waals surface area contributed by atoms with Crippen LogP contribution in [0.1, 0.15) is 35.1 Å². The van der Waals surface area contributed by atoms with Crippen molar-refractivity contribution in [3.63, 3.8) is 0 Å². The van der Waals surface area contributed by atoms with Crippen molar-refractivity contribution in [2.24, 2.45) is 0 Å². The molecule has 2 heterocycles. The van der Waals surface area contributed by atoms with E-state index in [0.717, 1.165) is 22.1 Å². The molecule has 33 heavy (non-hydrogen) atoms. The lowest BCUT2D eigenvalue weighted by molar-refractivity contribution is 0.0668. The van der Waals surface area contributed by atoms with Crippen molar-refractivity contribution < 1.29 is 18.3 Å². The maximum absolute atomic E-state index is 14.1. The second kappa shape index (κ2) is 8.83. The van der Waals surface area contributed by atoms with Crippen LogP contribution in [0.25, 0.3) is 11.0 Å². The van der Waals surface area contributed by atoms with Crippen LogP contribution in [-0.2, 0) is 13.0 Å². The average molecular weight is 450 g/mol. The molecule has 0 bridgehead atoms.